The lowest BCUT2D eigenvalue weighted by Crippen LogP contribution is -2.29. The number of nitrogens with one attached hydrogen (secondary N) is 1. The van der Waals surface area contributed by atoms with Crippen molar-refractivity contribution in [3.8, 4) is 5.75 Å². The number of fused-ring (bicyclic) bond motifs is 3. The number of halogens is 1. The van der Waals surface area contributed by atoms with Crippen LogP contribution in [-0.4, -0.2) is 11.3 Å². The van der Waals surface area contributed by atoms with E-state index in [9.17, 15) is 5.11 Å². The van der Waals surface area contributed by atoms with Crippen LogP contribution in [-0.2, 0) is 0 Å². The molecule has 0 unspecified atom stereocenters. The van der Waals surface area contributed by atoms with E-state index in [0.717, 1.165) is 16.6 Å². The van der Waals surface area contributed by atoms with Crippen molar-refractivity contribution in [2.45, 2.75) is 25.3 Å². The predicted octanol–water partition coefficient (Wildman–Crippen LogP) is 7.04. The molecule has 1 heterocycles. The van der Waals surface area contributed by atoms with Gasteiger partial charge in [-0.05, 0) is 66.8 Å². The maximum absolute atomic E-state index is 9.99. The predicted molar refractivity (Wildman–Crippen MR) is 127 cm³/mol. The number of phenols is 1. The van der Waals surface area contributed by atoms with Crippen LogP contribution in [0, 0.1) is 12.8 Å². The van der Waals surface area contributed by atoms with Gasteiger partial charge in [-0.2, -0.15) is 0 Å². The van der Waals surface area contributed by atoms with Crippen molar-refractivity contribution in [1.82, 2.24) is 0 Å². The summed E-state index contributed by atoms with van der Waals surface area (Å²) >= 11 is 3.43. The Labute approximate surface area is 185 Å². The molecule has 3 nitrogen and oxygen atoms in total. The lowest BCUT2D eigenvalue weighted by molar-refractivity contribution is 0.425. The molecule has 0 bridgehead atoms. The highest BCUT2D eigenvalue weighted by Gasteiger charge is 2.37. The zero-order valence-corrected chi connectivity index (χ0v) is 18.3. The second-order valence-corrected chi connectivity index (χ2v) is 9.03. The van der Waals surface area contributed by atoms with Crippen molar-refractivity contribution in [2.24, 2.45) is 10.9 Å². The number of aliphatic imine (C=N–C) groups is 1. The molecule has 3 aromatic rings. The van der Waals surface area contributed by atoms with E-state index in [1.165, 1.54) is 22.4 Å². The van der Waals surface area contributed by atoms with Gasteiger partial charge in [-0.1, -0.05) is 57.9 Å². The van der Waals surface area contributed by atoms with Crippen LogP contribution >= 0.6 is 15.9 Å². The minimum atomic E-state index is 0.221. The van der Waals surface area contributed by atoms with Crippen molar-refractivity contribution in [2.75, 3.05) is 5.32 Å². The topological polar surface area (TPSA) is 44.6 Å². The second-order valence-electron chi connectivity index (χ2n) is 8.12. The third-order valence-electron chi connectivity index (χ3n) is 6.11. The summed E-state index contributed by atoms with van der Waals surface area (Å²) in [4.78, 5) is 4.54. The van der Waals surface area contributed by atoms with Crippen LogP contribution in [0.1, 0.15) is 40.6 Å². The zero-order valence-electron chi connectivity index (χ0n) is 16.7. The van der Waals surface area contributed by atoms with Gasteiger partial charge in [-0.25, -0.2) is 0 Å². The van der Waals surface area contributed by atoms with E-state index in [4.69, 9.17) is 0 Å². The van der Waals surface area contributed by atoms with Gasteiger partial charge in [-0.15, -0.1) is 0 Å². The van der Waals surface area contributed by atoms with Crippen molar-refractivity contribution >= 4 is 33.5 Å². The molecule has 0 aromatic heterocycles. The van der Waals surface area contributed by atoms with Gasteiger partial charge in [0.2, 0.25) is 0 Å². The molecule has 1 aliphatic heterocycles. The van der Waals surface area contributed by atoms with E-state index >= 15 is 0 Å². The number of phenolic OH excluding ortho intramolecular Hbond substituents is 1. The van der Waals surface area contributed by atoms with Crippen molar-refractivity contribution in [3.05, 3.63) is 99.5 Å². The molecule has 4 heteroatoms. The Bertz CT molecular complexity index is 1150. The molecule has 0 fully saturated rings. The normalized spacial score (nSPS) is 22.0. The average molecular weight is 459 g/mol. The summed E-state index contributed by atoms with van der Waals surface area (Å²) in [5, 5.41) is 13.8. The van der Waals surface area contributed by atoms with Crippen LogP contribution in [0.25, 0.3) is 0 Å². The number of aromatic hydroxyl groups is 1. The summed E-state index contributed by atoms with van der Waals surface area (Å²) in [5.41, 5.74) is 6.81. The molecule has 0 saturated heterocycles. The first kappa shape index (κ1) is 19.1. The zero-order chi connectivity index (χ0) is 20.7. The number of benzene rings is 3. The highest BCUT2D eigenvalue weighted by Crippen LogP contribution is 2.50. The van der Waals surface area contributed by atoms with Gasteiger partial charge in [0, 0.05) is 27.9 Å². The van der Waals surface area contributed by atoms with Crippen LogP contribution in [0.5, 0.6) is 5.75 Å². The fourth-order valence-electron chi connectivity index (χ4n) is 4.58. The van der Waals surface area contributed by atoms with Gasteiger partial charge in [0.15, 0.2) is 0 Å². The number of hydrogen-bond acceptors (Lipinski definition) is 3. The van der Waals surface area contributed by atoms with Gasteiger partial charge in [0.05, 0.1) is 11.7 Å². The molecule has 0 saturated carbocycles. The summed E-state index contributed by atoms with van der Waals surface area (Å²) in [6.45, 7) is 2.16. The number of nitrogens with zero attached hydrogens (tertiary/aromatic N) is 1. The molecule has 2 N–H and O–H groups in total. The van der Waals surface area contributed by atoms with E-state index in [0.29, 0.717) is 17.4 Å². The standard InChI is InChI=1S/C26H23BrN2O/c1-16-5-11-24-23(13-16)21-3-2-4-22(21)26(29-24)17-6-9-20(10-7-17)28-15-18-14-19(27)8-12-25(18)30/h2-3,5-15,21-22,26,29-30H,4H2,1H3/t21-,22+,26+/m1/s1. The minimum Gasteiger partial charge on any atom is -0.507 e. The van der Waals surface area contributed by atoms with Crippen molar-refractivity contribution < 1.29 is 5.11 Å². The van der Waals surface area contributed by atoms with Crippen LogP contribution in [0.3, 0.4) is 0 Å². The molecule has 1 aliphatic carbocycles. The quantitative estimate of drug-likeness (QED) is 0.326. The first-order valence-electron chi connectivity index (χ1n) is 10.2. The molecule has 5 rings (SSSR count). The number of rotatable bonds is 3. The Morgan fingerprint density at radius 1 is 1.07 bits per heavy atom. The molecule has 2 aliphatic rings. The Morgan fingerprint density at radius 2 is 1.90 bits per heavy atom. The Kier molecular flexibility index (Phi) is 4.95. The van der Waals surface area contributed by atoms with E-state index in [2.05, 4.69) is 75.6 Å². The number of anilines is 1. The fraction of sp³-hybridized carbons (Fsp3) is 0.192. The molecular formula is C26H23BrN2O. The molecule has 0 amide bonds. The maximum Gasteiger partial charge on any atom is 0.124 e. The molecular weight excluding hydrogens is 436 g/mol. The third-order valence-corrected chi connectivity index (χ3v) is 6.61. The largest absolute Gasteiger partial charge is 0.507 e. The lowest BCUT2D eigenvalue weighted by Gasteiger charge is -2.37. The number of aryl methyl sites for hydroxylation is 1. The number of allylic oxidation sites excluding steroid dienone is 2. The summed E-state index contributed by atoms with van der Waals surface area (Å²) in [5.74, 6) is 1.23. The minimum absolute atomic E-state index is 0.221. The van der Waals surface area contributed by atoms with Crippen LogP contribution in [0.15, 0.2) is 82.3 Å². The Morgan fingerprint density at radius 3 is 2.73 bits per heavy atom. The highest BCUT2D eigenvalue weighted by atomic mass is 79.9. The molecule has 0 radical (unpaired) electrons. The van der Waals surface area contributed by atoms with E-state index < -0.39 is 0 Å². The number of hydrogen-bond donors (Lipinski definition) is 2. The van der Waals surface area contributed by atoms with Crippen LogP contribution in [0.4, 0.5) is 11.4 Å². The molecule has 3 atom stereocenters. The Balaban J connectivity index is 1.40. The van der Waals surface area contributed by atoms with Gasteiger partial charge in [-0.3, -0.25) is 4.99 Å². The van der Waals surface area contributed by atoms with Gasteiger partial charge < -0.3 is 10.4 Å². The SMILES string of the molecule is Cc1ccc2c(c1)[C@@H]1C=CC[C@@H]1[C@H](c1ccc(N=Cc3cc(Br)ccc3O)cc1)N2. The van der Waals surface area contributed by atoms with Gasteiger partial charge >= 0.3 is 0 Å². The summed E-state index contributed by atoms with van der Waals surface area (Å²) in [6.07, 6.45) is 7.49. The lowest BCUT2D eigenvalue weighted by atomic mass is 9.76. The van der Waals surface area contributed by atoms with Crippen molar-refractivity contribution in [3.63, 3.8) is 0 Å². The molecule has 3 aromatic carbocycles. The van der Waals surface area contributed by atoms with E-state index in [1.807, 2.05) is 24.3 Å². The van der Waals surface area contributed by atoms with Crippen molar-refractivity contribution in [1.29, 1.82) is 0 Å². The van der Waals surface area contributed by atoms with Crippen LogP contribution < -0.4 is 5.32 Å². The average Bonchev–Trinajstić information content (AvgIpc) is 3.25. The van der Waals surface area contributed by atoms with Gasteiger partial charge in [0.25, 0.3) is 0 Å². The third kappa shape index (κ3) is 3.56. The molecule has 30 heavy (non-hydrogen) atoms. The smallest absolute Gasteiger partial charge is 0.124 e. The summed E-state index contributed by atoms with van der Waals surface area (Å²) in [6, 6.07) is 20.7. The van der Waals surface area contributed by atoms with Crippen LogP contribution in [0.2, 0.25) is 0 Å². The summed E-state index contributed by atoms with van der Waals surface area (Å²) < 4.78 is 0.913. The first-order chi connectivity index (χ1) is 14.6. The summed E-state index contributed by atoms with van der Waals surface area (Å²) in [7, 11) is 0. The van der Waals surface area contributed by atoms with E-state index in [1.54, 1.807) is 12.3 Å². The second kappa shape index (κ2) is 7.77. The molecule has 0 spiro atoms. The molecule has 150 valence electrons. The fourth-order valence-corrected chi connectivity index (χ4v) is 4.96. The highest BCUT2D eigenvalue weighted by molar-refractivity contribution is 9.10. The first-order valence-corrected chi connectivity index (χ1v) is 11.0. The van der Waals surface area contributed by atoms with E-state index in [-0.39, 0.29) is 11.8 Å². The Hall–Kier alpha value is -2.85. The maximum atomic E-state index is 9.99. The monoisotopic (exact) mass is 458 g/mol. The van der Waals surface area contributed by atoms with Gasteiger partial charge in [0.1, 0.15) is 5.75 Å².